The summed E-state index contributed by atoms with van der Waals surface area (Å²) in [5.41, 5.74) is 0. The van der Waals surface area contributed by atoms with E-state index in [1.54, 1.807) is 0 Å². The first-order valence-electron chi connectivity index (χ1n) is 4.44. The molecule has 0 aliphatic rings. The number of rotatable bonds is 6. The molecule has 0 aromatic rings. The summed E-state index contributed by atoms with van der Waals surface area (Å²) in [7, 11) is 0. The highest BCUT2D eigenvalue weighted by Gasteiger charge is 1.98. The third kappa shape index (κ3) is 7.92. The van der Waals surface area contributed by atoms with Gasteiger partial charge in [-0.25, -0.2) is 0 Å². The Morgan fingerprint density at radius 2 is 2.17 bits per heavy atom. The van der Waals surface area contributed by atoms with Crippen LogP contribution >= 0.6 is 11.8 Å². The SMILES string of the molecule is CCC(=O)OCCCSC(C)C. The Bertz CT molecular complexity index is 124. The van der Waals surface area contributed by atoms with Gasteiger partial charge in [-0.2, -0.15) is 11.8 Å². The van der Waals surface area contributed by atoms with Crippen molar-refractivity contribution < 1.29 is 9.53 Å². The predicted octanol–water partition coefficient (Wildman–Crippen LogP) is 2.47. The van der Waals surface area contributed by atoms with Crippen LogP contribution in [0.1, 0.15) is 33.6 Å². The van der Waals surface area contributed by atoms with E-state index in [9.17, 15) is 4.79 Å². The molecule has 2 nitrogen and oxygen atoms in total. The number of hydrogen-bond acceptors (Lipinski definition) is 3. The molecular weight excluding hydrogens is 172 g/mol. The van der Waals surface area contributed by atoms with Crippen molar-refractivity contribution in [1.29, 1.82) is 0 Å². The van der Waals surface area contributed by atoms with Crippen molar-refractivity contribution in [2.45, 2.75) is 38.9 Å². The molecule has 0 unspecified atom stereocenters. The maximum Gasteiger partial charge on any atom is 0.305 e. The first-order chi connectivity index (χ1) is 5.66. The zero-order valence-electron chi connectivity index (χ0n) is 8.13. The molecule has 0 aromatic carbocycles. The second-order valence-electron chi connectivity index (χ2n) is 2.85. The van der Waals surface area contributed by atoms with E-state index in [4.69, 9.17) is 4.74 Å². The van der Waals surface area contributed by atoms with Gasteiger partial charge in [0, 0.05) is 6.42 Å². The molecule has 0 aliphatic carbocycles. The van der Waals surface area contributed by atoms with Crippen LogP contribution in [0.3, 0.4) is 0 Å². The number of thioether (sulfide) groups is 1. The molecule has 0 saturated heterocycles. The van der Waals surface area contributed by atoms with Crippen molar-refractivity contribution in [3.8, 4) is 0 Å². The van der Waals surface area contributed by atoms with E-state index in [1.165, 1.54) is 0 Å². The van der Waals surface area contributed by atoms with Gasteiger partial charge in [0.2, 0.25) is 0 Å². The molecular formula is C9H18O2S. The molecule has 0 rings (SSSR count). The van der Waals surface area contributed by atoms with E-state index in [0.717, 1.165) is 12.2 Å². The topological polar surface area (TPSA) is 26.3 Å². The van der Waals surface area contributed by atoms with E-state index < -0.39 is 0 Å². The maximum atomic E-state index is 10.7. The Labute approximate surface area is 79.1 Å². The van der Waals surface area contributed by atoms with Crippen LogP contribution in [0.4, 0.5) is 0 Å². The number of carbonyl (C=O) groups is 1. The van der Waals surface area contributed by atoms with Gasteiger partial charge in [0.25, 0.3) is 0 Å². The molecule has 0 atom stereocenters. The zero-order valence-corrected chi connectivity index (χ0v) is 8.95. The van der Waals surface area contributed by atoms with E-state index in [0.29, 0.717) is 18.3 Å². The normalized spacial score (nSPS) is 10.3. The fourth-order valence-electron chi connectivity index (χ4n) is 0.666. The number of carbonyl (C=O) groups excluding carboxylic acids is 1. The quantitative estimate of drug-likeness (QED) is 0.475. The summed E-state index contributed by atoms with van der Waals surface area (Å²) in [6.07, 6.45) is 1.45. The van der Waals surface area contributed by atoms with Gasteiger partial charge in [-0.15, -0.1) is 0 Å². The van der Waals surface area contributed by atoms with E-state index in [-0.39, 0.29) is 5.97 Å². The van der Waals surface area contributed by atoms with Crippen LogP contribution in [-0.4, -0.2) is 23.6 Å². The Hall–Kier alpha value is -0.180. The smallest absolute Gasteiger partial charge is 0.305 e. The van der Waals surface area contributed by atoms with Crippen LogP contribution in [0.25, 0.3) is 0 Å². The highest BCUT2D eigenvalue weighted by molar-refractivity contribution is 7.99. The molecule has 12 heavy (non-hydrogen) atoms. The first-order valence-corrected chi connectivity index (χ1v) is 5.49. The fraction of sp³-hybridized carbons (Fsp3) is 0.889. The summed E-state index contributed by atoms with van der Waals surface area (Å²) in [6.45, 7) is 6.73. The van der Waals surface area contributed by atoms with Gasteiger partial charge in [-0.3, -0.25) is 4.79 Å². The second kappa shape index (κ2) is 7.47. The lowest BCUT2D eigenvalue weighted by Crippen LogP contribution is -2.04. The number of ether oxygens (including phenoxy) is 1. The predicted molar refractivity (Wildman–Crippen MR) is 53.5 cm³/mol. The largest absolute Gasteiger partial charge is 0.466 e. The van der Waals surface area contributed by atoms with Gasteiger partial charge in [0.05, 0.1) is 6.61 Å². The summed E-state index contributed by atoms with van der Waals surface area (Å²) in [5, 5.41) is 0.673. The standard InChI is InChI=1S/C9H18O2S/c1-4-9(10)11-6-5-7-12-8(2)3/h8H,4-7H2,1-3H3. The van der Waals surface area contributed by atoms with Gasteiger partial charge >= 0.3 is 5.97 Å². The van der Waals surface area contributed by atoms with Crippen LogP contribution in [0, 0.1) is 0 Å². The average Bonchev–Trinajstić information content (AvgIpc) is 2.03. The summed E-state index contributed by atoms with van der Waals surface area (Å²) < 4.78 is 4.92. The van der Waals surface area contributed by atoms with Crippen molar-refractivity contribution in [2.24, 2.45) is 0 Å². The van der Waals surface area contributed by atoms with Crippen LogP contribution in [0.2, 0.25) is 0 Å². The molecule has 0 spiro atoms. The fourth-order valence-corrected chi connectivity index (χ4v) is 1.42. The summed E-state index contributed by atoms with van der Waals surface area (Å²) in [4.78, 5) is 10.7. The lowest BCUT2D eigenvalue weighted by molar-refractivity contribution is -0.143. The number of hydrogen-bond donors (Lipinski definition) is 0. The monoisotopic (exact) mass is 190 g/mol. The Balaban J connectivity index is 3.05. The minimum Gasteiger partial charge on any atom is -0.466 e. The van der Waals surface area contributed by atoms with Crippen molar-refractivity contribution in [2.75, 3.05) is 12.4 Å². The van der Waals surface area contributed by atoms with Crippen LogP contribution < -0.4 is 0 Å². The van der Waals surface area contributed by atoms with Gasteiger partial charge in [-0.1, -0.05) is 20.8 Å². The van der Waals surface area contributed by atoms with E-state index in [2.05, 4.69) is 13.8 Å². The summed E-state index contributed by atoms with van der Waals surface area (Å²) in [6, 6.07) is 0. The van der Waals surface area contributed by atoms with E-state index in [1.807, 2.05) is 18.7 Å². The molecule has 0 radical (unpaired) electrons. The molecule has 72 valence electrons. The highest BCUT2D eigenvalue weighted by Crippen LogP contribution is 2.09. The lowest BCUT2D eigenvalue weighted by atomic mass is 10.5. The molecule has 0 fully saturated rings. The van der Waals surface area contributed by atoms with Crippen molar-refractivity contribution in [1.82, 2.24) is 0 Å². The third-order valence-electron chi connectivity index (χ3n) is 1.29. The van der Waals surface area contributed by atoms with E-state index >= 15 is 0 Å². The van der Waals surface area contributed by atoms with Crippen molar-refractivity contribution in [3.05, 3.63) is 0 Å². The first kappa shape index (κ1) is 11.8. The second-order valence-corrected chi connectivity index (χ2v) is 4.53. The minimum absolute atomic E-state index is 0.0930. The molecule has 0 heterocycles. The molecule has 0 amide bonds. The van der Waals surface area contributed by atoms with Crippen LogP contribution in [0.5, 0.6) is 0 Å². The minimum atomic E-state index is -0.0930. The summed E-state index contributed by atoms with van der Waals surface area (Å²) in [5.74, 6) is 0.985. The van der Waals surface area contributed by atoms with Crippen LogP contribution in [-0.2, 0) is 9.53 Å². The number of esters is 1. The van der Waals surface area contributed by atoms with Gasteiger partial charge in [0.15, 0.2) is 0 Å². The zero-order chi connectivity index (χ0) is 9.40. The Morgan fingerprint density at radius 3 is 2.67 bits per heavy atom. The molecule has 0 aromatic heterocycles. The molecule has 3 heteroatoms. The average molecular weight is 190 g/mol. The Morgan fingerprint density at radius 1 is 1.50 bits per heavy atom. The molecule has 0 N–H and O–H groups in total. The summed E-state index contributed by atoms with van der Waals surface area (Å²) >= 11 is 1.90. The van der Waals surface area contributed by atoms with Gasteiger partial charge in [0.1, 0.15) is 0 Å². The molecule has 0 aliphatic heterocycles. The van der Waals surface area contributed by atoms with Gasteiger partial charge < -0.3 is 4.74 Å². The van der Waals surface area contributed by atoms with Crippen molar-refractivity contribution >= 4 is 17.7 Å². The van der Waals surface area contributed by atoms with Gasteiger partial charge in [-0.05, 0) is 17.4 Å². The molecule has 0 saturated carbocycles. The lowest BCUT2D eigenvalue weighted by Gasteiger charge is -2.04. The Kier molecular flexibility index (Phi) is 7.36. The highest BCUT2D eigenvalue weighted by atomic mass is 32.2. The molecule has 0 bridgehead atoms. The van der Waals surface area contributed by atoms with Crippen molar-refractivity contribution in [3.63, 3.8) is 0 Å². The van der Waals surface area contributed by atoms with Crippen LogP contribution in [0.15, 0.2) is 0 Å². The maximum absolute atomic E-state index is 10.7. The third-order valence-corrected chi connectivity index (χ3v) is 2.48.